The Kier molecular flexibility index (Phi) is 4.98. The first-order valence-electron chi connectivity index (χ1n) is 13.8. The van der Waals surface area contributed by atoms with Crippen molar-refractivity contribution in [2.45, 2.75) is 113 Å². The standard InChI is InChI=1S/C30H50O/c1-20(2)21-9-12-25-28(21,5)17-18-29(6)23-10-11-24-26(3,19-31)14-8-15-27(24,4)22(23)13-16-30(25,29)7/h13,20-21,23-25,31H,8-12,14-19H2,1-7H3/t21-,23-,24+,25-,26+,27-,28-,29-,30+/m1/s1. The van der Waals surface area contributed by atoms with Crippen LogP contribution < -0.4 is 0 Å². The summed E-state index contributed by atoms with van der Waals surface area (Å²) < 4.78 is 0. The quantitative estimate of drug-likeness (QED) is 0.443. The van der Waals surface area contributed by atoms with Crippen molar-refractivity contribution in [3.63, 3.8) is 0 Å². The van der Waals surface area contributed by atoms with Crippen LogP contribution in [0.4, 0.5) is 0 Å². The summed E-state index contributed by atoms with van der Waals surface area (Å²) >= 11 is 0. The van der Waals surface area contributed by atoms with Crippen molar-refractivity contribution in [1.29, 1.82) is 0 Å². The molecule has 5 rings (SSSR count). The molecule has 4 saturated carbocycles. The van der Waals surface area contributed by atoms with Crippen molar-refractivity contribution in [1.82, 2.24) is 0 Å². The minimum Gasteiger partial charge on any atom is -0.396 e. The summed E-state index contributed by atoms with van der Waals surface area (Å²) in [5.74, 6) is 4.08. The van der Waals surface area contributed by atoms with Crippen LogP contribution >= 0.6 is 0 Å². The summed E-state index contributed by atoms with van der Waals surface area (Å²) in [6.45, 7) is 18.5. The van der Waals surface area contributed by atoms with Crippen LogP contribution in [-0.2, 0) is 0 Å². The molecule has 9 atom stereocenters. The Bertz CT molecular complexity index is 766. The molecule has 0 unspecified atom stereocenters. The minimum absolute atomic E-state index is 0.127. The van der Waals surface area contributed by atoms with Gasteiger partial charge in [-0.3, -0.25) is 0 Å². The summed E-state index contributed by atoms with van der Waals surface area (Å²) in [5, 5.41) is 10.4. The van der Waals surface area contributed by atoms with Crippen molar-refractivity contribution < 1.29 is 5.11 Å². The van der Waals surface area contributed by atoms with Gasteiger partial charge in [0, 0.05) is 6.61 Å². The molecule has 0 heterocycles. The Hall–Kier alpha value is -0.300. The number of hydrogen-bond acceptors (Lipinski definition) is 1. The molecular formula is C30H50O. The normalized spacial score (nSPS) is 56.4. The lowest BCUT2D eigenvalue weighted by Crippen LogP contribution is -2.61. The topological polar surface area (TPSA) is 20.2 Å². The van der Waals surface area contributed by atoms with Gasteiger partial charge in [-0.2, -0.15) is 0 Å². The molecule has 1 N–H and O–H groups in total. The predicted molar refractivity (Wildman–Crippen MR) is 131 cm³/mol. The van der Waals surface area contributed by atoms with Crippen molar-refractivity contribution in [2.75, 3.05) is 6.61 Å². The van der Waals surface area contributed by atoms with E-state index in [9.17, 15) is 5.11 Å². The second kappa shape index (κ2) is 6.86. The van der Waals surface area contributed by atoms with Crippen LogP contribution in [0.25, 0.3) is 0 Å². The summed E-state index contributed by atoms with van der Waals surface area (Å²) in [5.41, 5.74) is 3.74. The van der Waals surface area contributed by atoms with E-state index in [1.165, 1.54) is 64.2 Å². The molecule has 0 aromatic rings. The van der Waals surface area contributed by atoms with E-state index in [1.807, 2.05) is 5.57 Å². The zero-order chi connectivity index (χ0) is 22.4. The van der Waals surface area contributed by atoms with Crippen LogP contribution in [-0.4, -0.2) is 11.7 Å². The number of rotatable bonds is 2. The van der Waals surface area contributed by atoms with Gasteiger partial charge in [0.25, 0.3) is 0 Å². The fraction of sp³-hybridized carbons (Fsp3) is 0.933. The third-order valence-electron chi connectivity index (χ3n) is 13.2. The first kappa shape index (κ1) is 22.5. The summed E-state index contributed by atoms with van der Waals surface area (Å²) in [6.07, 6.45) is 16.4. The van der Waals surface area contributed by atoms with Gasteiger partial charge in [0.2, 0.25) is 0 Å². The Morgan fingerprint density at radius 1 is 0.871 bits per heavy atom. The number of fused-ring (bicyclic) bond motifs is 7. The van der Waals surface area contributed by atoms with E-state index in [1.54, 1.807) is 0 Å². The Labute approximate surface area is 192 Å². The molecule has 4 fully saturated rings. The zero-order valence-electron chi connectivity index (χ0n) is 21.7. The third-order valence-corrected chi connectivity index (χ3v) is 13.2. The average molecular weight is 427 g/mol. The zero-order valence-corrected chi connectivity index (χ0v) is 21.7. The van der Waals surface area contributed by atoms with Gasteiger partial charge < -0.3 is 5.11 Å². The third kappa shape index (κ3) is 2.65. The van der Waals surface area contributed by atoms with Gasteiger partial charge in [0.05, 0.1) is 0 Å². The molecule has 0 aromatic carbocycles. The average Bonchev–Trinajstić information content (AvgIpc) is 3.08. The van der Waals surface area contributed by atoms with E-state index in [0.717, 1.165) is 23.7 Å². The van der Waals surface area contributed by atoms with E-state index < -0.39 is 0 Å². The summed E-state index contributed by atoms with van der Waals surface area (Å²) in [6, 6.07) is 0. The fourth-order valence-corrected chi connectivity index (χ4v) is 11.3. The van der Waals surface area contributed by atoms with Crippen LogP contribution in [0.5, 0.6) is 0 Å². The van der Waals surface area contributed by atoms with Gasteiger partial charge >= 0.3 is 0 Å². The highest BCUT2D eigenvalue weighted by molar-refractivity contribution is 5.33. The maximum Gasteiger partial charge on any atom is 0.0487 e. The highest BCUT2D eigenvalue weighted by atomic mass is 16.3. The van der Waals surface area contributed by atoms with E-state index in [4.69, 9.17) is 0 Å². The van der Waals surface area contributed by atoms with Crippen molar-refractivity contribution in [3.8, 4) is 0 Å². The second-order valence-electron chi connectivity index (χ2n) is 14.5. The van der Waals surface area contributed by atoms with E-state index in [0.29, 0.717) is 34.2 Å². The molecule has 0 bridgehead atoms. The fourth-order valence-electron chi connectivity index (χ4n) is 11.3. The molecule has 1 nitrogen and oxygen atoms in total. The highest BCUT2D eigenvalue weighted by Gasteiger charge is 2.68. The maximum absolute atomic E-state index is 10.4. The predicted octanol–water partition coefficient (Wildman–Crippen LogP) is 8.03. The monoisotopic (exact) mass is 426 g/mol. The molecule has 0 amide bonds. The number of hydrogen-bond donors (Lipinski definition) is 1. The van der Waals surface area contributed by atoms with E-state index >= 15 is 0 Å². The van der Waals surface area contributed by atoms with Crippen LogP contribution in [0.15, 0.2) is 11.6 Å². The molecule has 0 aromatic heterocycles. The van der Waals surface area contributed by atoms with Crippen molar-refractivity contribution in [3.05, 3.63) is 11.6 Å². The van der Waals surface area contributed by atoms with Crippen LogP contribution in [0, 0.1) is 56.7 Å². The Balaban J connectivity index is 1.55. The van der Waals surface area contributed by atoms with E-state index in [-0.39, 0.29) is 5.41 Å². The van der Waals surface area contributed by atoms with Crippen LogP contribution in [0.1, 0.15) is 113 Å². The SMILES string of the molecule is CC(C)[C@H]1CC[C@@H]2[C@]1(C)CC[C@]1(C)[C@@H]3CC[C@H]4[C@](C)(CO)CCC[C@]4(C)C3=CC[C@@]21C. The van der Waals surface area contributed by atoms with E-state index in [2.05, 4.69) is 54.5 Å². The molecule has 5 aliphatic rings. The molecular weight excluding hydrogens is 376 g/mol. The van der Waals surface area contributed by atoms with Crippen molar-refractivity contribution >= 4 is 0 Å². The summed E-state index contributed by atoms with van der Waals surface area (Å²) in [7, 11) is 0. The van der Waals surface area contributed by atoms with Gasteiger partial charge in [-0.25, -0.2) is 0 Å². The second-order valence-corrected chi connectivity index (χ2v) is 14.5. The van der Waals surface area contributed by atoms with Crippen LogP contribution in [0.3, 0.4) is 0 Å². The lowest BCUT2D eigenvalue weighted by atomic mass is 9.36. The number of aliphatic hydroxyl groups is 1. The van der Waals surface area contributed by atoms with Gasteiger partial charge in [-0.1, -0.05) is 66.5 Å². The molecule has 176 valence electrons. The lowest BCUT2D eigenvalue weighted by Gasteiger charge is -2.69. The lowest BCUT2D eigenvalue weighted by molar-refractivity contribution is -0.159. The molecule has 31 heavy (non-hydrogen) atoms. The van der Waals surface area contributed by atoms with Gasteiger partial charge in [0.15, 0.2) is 0 Å². The first-order valence-corrected chi connectivity index (χ1v) is 13.8. The van der Waals surface area contributed by atoms with Crippen LogP contribution in [0.2, 0.25) is 0 Å². The van der Waals surface area contributed by atoms with Crippen molar-refractivity contribution in [2.24, 2.45) is 56.7 Å². The highest BCUT2D eigenvalue weighted by Crippen LogP contribution is 2.76. The molecule has 0 aliphatic heterocycles. The van der Waals surface area contributed by atoms with Gasteiger partial charge in [-0.05, 0) is 114 Å². The summed E-state index contributed by atoms with van der Waals surface area (Å²) in [4.78, 5) is 0. The Morgan fingerprint density at radius 2 is 1.58 bits per heavy atom. The molecule has 0 radical (unpaired) electrons. The first-order chi connectivity index (χ1) is 14.5. The molecule has 0 saturated heterocycles. The van der Waals surface area contributed by atoms with Gasteiger partial charge in [-0.15, -0.1) is 0 Å². The largest absolute Gasteiger partial charge is 0.396 e. The minimum atomic E-state index is 0.127. The van der Waals surface area contributed by atoms with Gasteiger partial charge in [0.1, 0.15) is 0 Å². The number of aliphatic hydroxyl groups excluding tert-OH is 1. The Morgan fingerprint density at radius 3 is 2.26 bits per heavy atom. The smallest absolute Gasteiger partial charge is 0.0487 e. The molecule has 5 aliphatic carbocycles. The number of allylic oxidation sites excluding steroid dienone is 2. The molecule has 1 heteroatoms. The molecule has 0 spiro atoms. The maximum atomic E-state index is 10.4.